The molecule has 33 heavy (non-hydrogen) atoms. The Morgan fingerprint density at radius 3 is 2.61 bits per heavy atom. The van der Waals surface area contributed by atoms with Gasteiger partial charge >= 0.3 is 18.0 Å². The number of furan rings is 1. The minimum absolute atomic E-state index is 0.0339. The summed E-state index contributed by atoms with van der Waals surface area (Å²) in [4.78, 5) is 49.2. The van der Waals surface area contributed by atoms with Crippen molar-refractivity contribution in [3.63, 3.8) is 0 Å². The van der Waals surface area contributed by atoms with Crippen LogP contribution in [0.2, 0.25) is 0 Å². The van der Waals surface area contributed by atoms with Crippen LogP contribution in [0.1, 0.15) is 34.4 Å². The van der Waals surface area contributed by atoms with Crippen molar-refractivity contribution in [2.75, 3.05) is 14.2 Å². The second kappa shape index (κ2) is 9.86. The van der Waals surface area contributed by atoms with Crippen LogP contribution in [-0.4, -0.2) is 43.0 Å². The van der Waals surface area contributed by atoms with E-state index in [2.05, 4.69) is 16.6 Å². The summed E-state index contributed by atoms with van der Waals surface area (Å²) in [5.74, 6) is -1.01. The highest BCUT2D eigenvalue weighted by atomic mass is 16.6. The molecule has 3 rings (SSSR count). The van der Waals surface area contributed by atoms with Gasteiger partial charge in [0.05, 0.1) is 20.8 Å². The van der Waals surface area contributed by atoms with E-state index in [4.69, 9.17) is 13.9 Å². The van der Waals surface area contributed by atoms with Crippen molar-refractivity contribution in [3.8, 4) is 11.5 Å². The molecule has 172 valence electrons. The second-order valence-corrected chi connectivity index (χ2v) is 6.93. The Morgan fingerprint density at radius 2 is 1.97 bits per heavy atom. The van der Waals surface area contributed by atoms with Crippen LogP contribution < -0.4 is 14.8 Å². The summed E-state index contributed by atoms with van der Waals surface area (Å²) in [6.07, 6.45) is 3.49. The van der Waals surface area contributed by atoms with Gasteiger partial charge in [0.15, 0.2) is 11.5 Å². The number of ether oxygens (including phenoxy) is 3. The number of esters is 2. The van der Waals surface area contributed by atoms with Crippen molar-refractivity contribution in [1.82, 2.24) is 10.2 Å². The van der Waals surface area contributed by atoms with E-state index in [1.54, 1.807) is 18.2 Å². The van der Waals surface area contributed by atoms with Crippen LogP contribution in [0.5, 0.6) is 11.5 Å². The number of hydrogen-bond acceptors (Lipinski definition) is 8. The zero-order chi connectivity index (χ0) is 24.1. The molecule has 10 heteroatoms. The monoisotopic (exact) mass is 454 g/mol. The average Bonchev–Trinajstić information content (AvgIpc) is 3.35. The Labute approximate surface area is 189 Å². The normalized spacial score (nSPS) is 14.3. The maximum absolute atomic E-state index is 12.8. The van der Waals surface area contributed by atoms with Crippen molar-refractivity contribution < 1.29 is 37.8 Å². The fourth-order valence-corrected chi connectivity index (χ4v) is 3.20. The minimum Gasteiger partial charge on any atom is -0.493 e. The van der Waals surface area contributed by atoms with Gasteiger partial charge in [-0.1, -0.05) is 6.08 Å². The standard InChI is InChI=1S/C23H22N2O8/c1-5-6-15-9-14(11-19(30-3)20(15)32-13(2)26)10-17-21(27)25(23(29)24-17)12-16-7-8-18(33-16)22(28)31-4/h5,7-11H,1,6,12H2,2-4H3,(H,24,29)/b17-10-. The number of amides is 3. The highest BCUT2D eigenvalue weighted by Crippen LogP contribution is 2.34. The Bertz CT molecular complexity index is 1160. The third-order valence-electron chi connectivity index (χ3n) is 4.62. The Kier molecular flexibility index (Phi) is 6.97. The van der Waals surface area contributed by atoms with Crippen LogP contribution in [0.3, 0.4) is 0 Å². The summed E-state index contributed by atoms with van der Waals surface area (Å²) in [6.45, 7) is 4.81. The van der Waals surface area contributed by atoms with E-state index in [1.807, 2.05) is 0 Å². The molecule has 10 nitrogen and oxygen atoms in total. The van der Waals surface area contributed by atoms with Crippen molar-refractivity contribution in [3.05, 3.63) is 65.3 Å². The lowest BCUT2D eigenvalue weighted by atomic mass is 10.0. The zero-order valence-corrected chi connectivity index (χ0v) is 18.3. The minimum atomic E-state index is -0.666. The summed E-state index contributed by atoms with van der Waals surface area (Å²) < 4.78 is 20.5. The summed E-state index contributed by atoms with van der Waals surface area (Å²) in [7, 11) is 2.64. The molecule has 2 heterocycles. The van der Waals surface area contributed by atoms with E-state index in [9.17, 15) is 19.2 Å². The van der Waals surface area contributed by atoms with Gasteiger partial charge in [0.25, 0.3) is 5.91 Å². The molecule has 1 N–H and O–H groups in total. The first-order valence-corrected chi connectivity index (χ1v) is 9.79. The van der Waals surface area contributed by atoms with Gasteiger partial charge in [-0.25, -0.2) is 9.59 Å². The molecule has 1 saturated heterocycles. The highest BCUT2D eigenvalue weighted by Gasteiger charge is 2.34. The number of imide groups is 1. The number of methoxy groups -OCH3 is 2. The van der Waals surface area contributed by atoms with E-state index in [-0.39, 0.29) is 35.3 Å². The van der Waals surface area contributed by atoms with E-state index in [1.165, 1.54) is 39.4 Å². The molecule has 0 bridgehead atoms. The van der Waals surface area contributed by atoms with Crippen LogP contribution in [0.15, 0.2) is 47.0 Å². The lowest BCUT2D eigenvalue weighted by Crippen LogP contribution is -2.30. The van der Waals surface area contributed by atoms with Gasteiger partial charge in [-0.05, 0) is 42.3 Å². The van der Waals surface area contributed by atoms with Crippen molar-refractivity contribution in [2.45, 2.75) is 19.9 Å². The third-order valence-corrected chi connectivity index (χ3v) is 4.62. The molecule has 1 fully saturated rings. The third kappa shape index (κ3) is 5.12. The molecule has 1 aliphatic rings. The topological polar surface area (TPSA) is 124 Å². The Morgan fingerprint density at radius 1 is 1.21 bits per heavy atom. The predicted molar refractivity (Wildman–Crippen MR) is 115 cm³/mol. The maximum atomic E-state index is 12.8. The molecule has 0 saturated carbocycles. The molecule has 1 aromatic carbocycles. The summed E-state index contributed by atoms with van der Waals surface area (Å²) in [6, 6.07) is 5.52. The number of allylic oxidation sites excluding steroid dienone is 1. The van der Waals surface area contributed by atoms with Gasteiger partial charge in [-0.2, -0.15) is 0 Å². The van der Waals surface area contributed by atoms with E-state index >= 15 is 0 Å². The number of rotatable bonds is 8. The Balaban J connectivity index is 1.88. The molecule has 1 aliphatic heterocycles. The summed E-state index contributed by atoms with van der Waals surface area (Å²) >= 11 is 0. The maximum Gasteiger partial charge on any atom is 0.373 e. The van der Waals surface area contributed by atoms with Crippen LogP contribution in [0, 0.1) is 0 Å². The molecule has 1 aromatic heterocycles. The highest BCUT2D eigenvalue weighted by molar-refractivity contribution is 6.13. The number of urea groups is 1. The fourth-order valence-electron chi connectivity index (χ4n) is 3.20. The summed E-state index contributed by atoms with van der Waals surface area (Å²) in [5.41, 5.74) is 1.19. The van der Waals surface area contributed by atoms with E-state index in [0.29, 0.717) is 17.5 Å². The SMILES string of the molecule is C=CCc1cc(/C=C2\NC(=O)N(Cc3ccc(C(=O)OC)o3)C2=O)cc(OC)c1OC(C)=O. The second-order valence-electron chi connectivity index (χ2n) is 6.93. The molecule has 0 unspecified atom stereocenters. The fraction of sp³-hybridized carbons (Fsp3) is 0.217. The number of carbonyl (C=O) groups excluding carboxylic acids is 4. The van der Waals surface area contributed by atoms with Crippen LogP contribution in [-0.2, 0) is 27.3 Å². The van der Waals surface area contributed by atoms with Crippen molar-refractivity contribution in [2.24, 2.45) is 0 Å². The first-order valence-electron chi connectivity index (χ1n) is 9.79. The van der Waals surface area contributed by atoms with Gasteiger partial charge in [0.1, 0.15) is 11.5 Å². The molecule has 2 aromatic rings. The largest absolute Gasteiger partial charge is 0.493 e. The molecule has 0 radical (unpaired) electrons. The predicted octanol–water partition coefficient (Wildman–Crippen LogP) is 2.82. The molecular weight excluding hydrogens is 432 g/mol. The number of carbonyl (C=O) groups is 4. The average molecular weight is 454 g/mol. The number of nitrogens with zero attached hydrogens (tertiary/aromatic N) is 1. The molecule has 3 amide bonds. The lowest BCUT2D eigenvalue weighted by Gasteiger charge is -2.14. The molecule has 0 atom stereocenters. The van der Waals surface area contributed by atoms with Crippen molar-refractivity contribution in [1.29, 1.82) is 0 Å². The van der Waals surface area contributed by atoms with Gasteiger partial charge in [-0.15, -0.1) is 6.58 Å². The van der Waals surface area contributed by atoms with Gasteiger partial charge < -0.3 is 23.9 Å². The quantitative estimate of drug-likeness (QED) is 0.212. The lowest BCUT2D eigenvalue weighted by molar-refractivity contribution is -0.132. The zero-order valence-electron chi connectivity index (χ0n) is 18.3. The van der Waals surface area contributed by atoms with Crippen molar-refractivity contribution >= 4 is 30.0 Å². The van der Waals surface area contributed by atoms with Gasteiger partial charge in [0.2, 0.25) is 5.76 Å². The number of benzene rings is 1. The smallest absolute Gasteiger partial charge is 0.373 e. The summed E-state index contributed by atoms with van der Waals surface area (Å²) in [5, 5.41) is 2.52. The Hall–Kier alpha value is -4.34. The number of hydrogen-bond donors (Lipinski definition) is 1. The van der Waals surface area contributed by atoms with E-state index < -0.39 is 23.9 Å². The van der Waals surface area contributed by atoms with E-state index in [0.717, 1.165) is 4.90 Å². The van der Waals surface area contributed by atoms with Crippen LogP contribution in [0.4, 0.5) is 4.79 Å². The van der Waals surface area contributed by atoms with Crippen LogP contribution in [0.25, 0.3) is 6.08 Å². The number of nitrogens with one attached hydrogen (secondary N) is 1. The van der Waals surface area contributed by atoms with Gasteiger partial charge in [0, 0.05) is 12.5 Å². The first-order chi connectivity index (χ1) is 15.8. The first kappa shape index (κ1) is 23.3. The molecule has 0 aliphatic carbocycles. The van der Waals surface area contributed by atoms with Gasteiger partial charge in [-0.3, -0.25) is 14.5 Å². The molecular formula is C23H22N2O8. The molecule has 0 spiro atoms. The van der Waals surface area contributed by atoms with Crippen LogP contribution >= 0.6 is 0 Å².